The molecule has 1 aromatic carbocycles. The molecule has 0 aromatic heterocycles. The average Bonchev–Trinajstić information content (AvgIpc) is 2.27. The molecule has 1 saturated heterocycles. The van der Waals surface area contributed by atoms with Gasteiger partial charge in [0.05, 0.1) is 5.69 Å². The summed E-state index contributed by atoms with van der Waals surface area (Å²) in [4.78, 5) is 0.993. The molecule has 7 nitrogen and oxygen atoms in total. The zero-order valence-corrected chi connectivity index (χ0v) is 12.2. The second-order valence-electron chi connectivity index (χ2n) is 4.41. The molecule has 2 rings (SSSR count). The van der Waals surface area contributed by atoms with E-state index in [1.807, 2.05) is 0 Å². The van der Waals surface area contributed by atoms with E-state index in [1.165, 1.54) is 24.1 Å². The highest BCUT2D eigenvalue weighted by Gasteiger charge is 2.39. The van der Waals surface area contributed by atoms with Gasteiger partial charge in [-0.15, -0.1) is 0 Å². The van der Waals surface area contributed by atoms with Gasteiger partial charge in [-0.05, 0) is 19.2 Å². The van der Waals surface area contributed by atoms with Crippen molar-refractivity contribution in [2.24, 2.45) is 5.14 Å². The Morgan fingerprint density at radius 1 is 1.30 bits per heavy atom. The molecule has 3 N–H and O–H groups in total. The summed E-state index contributed by atoms with van der Waals surface area (Å²) in [5.41, 5.74) is -0.183. The third kappa shape index (κ3) is 2.64. The molecule has 0 unspecified atom stereocenters. The van der Waals surface area contributed by atoms with Gasteiger partial charge in [0.15, 0.2) is 0 Å². The summed E-state index contributed by atoms with van der Waals surface area (Å²) in [6.45, 7) is 0.0131. The number of halogens is 1. The number of hydrogen-bond donors (Lipinski definition) is 2. The molecule has 0 aliphatic carbocycles. The summed E-state index contributed by atoms with van der Waals surface area (Å²) >= 11 is 0. The quantitative estimate of drug-likeness (QED) is 0.755. The predicted octanol–water partition coefficient (Wildman–Crippen LogP) is -0.789. The summed E-state index contributed by atoms with van der Waals surface area (Å²) in [6, 6.07) is 3.53. The topological polar surface area (TPSA) is 110 Å². The minimum Gasteiger partial charge on any atom is -0.365 e. The highest BCUT2D eigenvalue weighted by atomic mass is 32.2. The van der Waals surface area contributed by atoms with Gasteiger partial charge in [0, 0.05) is 13.1 Å². The van der Waals surface area contributed by atoms with Crippen molar-refractivity contribution < 1.29 is 21.2 Å². The molecule has 0 spiro atoms. The first-order chi connectivity index (χ1) is 9.16. The van der Waals surface area contributed by atoms with Crippen LogP contribution >= 0.6 is 0 Å². The number of primary sulfonamides is 1. The monoisotopic (exact) mass is 323 g/mol. The lowest BCUT2D eigenvalue weighted by Crippen LogP contribution is -2.57. The van der Waals surface area contributed by atoms with Crippen LogP contribution in [0.2, 0.25) is 0 Å². The van der Waals surface area contributed by atoms with E-state index in [0.717, 1.165) is 6.07 Å². The predicted molar refractivity (Wildman–Crippen MR) is 71.8 cm³/mol. The highest BCUT2D eigenvalue weighted by Crippen LogP contribution is 2.32. The SMILES string of the molecule is CNS(=O)(=O)C1CN(c2c(F)cccc2S(N)(=O)=O)C1. The Balaban J connectivity index is 2.34. The third-order valence-electron chi connectivity index (χ3n) is 3.14. The molecule has 20 heavy (non-hydrogen) atoms. The minimum absolute atomic E-state index is 0.00657. The molecule has 10 heteroatoms. The molecular weight excluding hydrogens is 309 g/mol. The fraction of sp³-hybridized carbons (Fsp3) is 0.400. The van der Waals surface area contributed by atoms with Crippen molar-refractivity contribution in [1.82, 2.24) is 4.72 Å². The molecular formula is C10H14FN3O4S2. The molecule has 0 bridgehead atoms. The molecule has 1 heterocycles. The summed E-state index contributed by atoms with van der Waals surface area (Å²) < 4.78 is 62.0. The van der Waals surface area contributed by atoms with Crippen LogP contribution in [0.25, 0.3) is 0 Å². The number of anilines is 1. The number of nitrogens with zero attached hydrogens (tertiary/aromatic N) is 1. The van der Waals surface area contributed by atoms with Crippen LogP contribution in [0.4, 0.5) is 10.1 Å². The Labute approximate surface area is 116 Å². The second-order valence-corrected chi connectivity index (χ2v) is 8.10. The maximum absolute atomic E-state index is 13.8. The van der Waals surface area contributed by atoms with E-state index >= 15 is 0 Å². The minimum atomic E-state index is -4.08. The second kappa shape index (κ2) is 4.95. The van der Waals surface area contributed by atoms with Gasteiger partial charge in [-0.25, -0.2) is 31.1 Å². The first kappa shape index (κ1) is 15.2. The van der Waals surface area contributed by atoms with E-state index in [4.69, 9.17) is 5.14 Å². The van der Waals surface area contributed by atoms with Crippen molar-refractivity contribution >= 4 is 25.7 Å². The van der Waals surface area contributed by atoms with E-state index in [-0.39, 0.29) is 23.7 Å². The van der Waals surface area contributed by atoms with Crippen LogP contribution in [0.5, 0.6) is 0 Å². The van der Waals surface area contributed by atoms with E-state index in [1.54, 1.807) is 0 Å². The van der Waals surface area contributed by atoms with Crippen LogP contribution in [0.1, 0.15) is 0 Å². The zero-order chi connectivity index (χ0) is 15.1. The fourth-order valence-corrected chi connectivity index (χ4v) is 3.87. The third-order valence-corrected chi connectivity index (χ3v) is 5.83. The number of hydrogen-bond acceptors (Lipinski definition) is 5. The standard InChI is InChI=1S/C10H14FN3O4S2/c1-13-20(17,18)7-5-14(6-7)10-8(11)3-2-4-9(10)19(12,15)16/h2-4,7,13H,5-6H2,1H3,(H2,12,15,16). The molecule has 1 fully saturated rings. The first-order valence-corrected chi connectivity index (χ1v) is 8.74. The summed E-state index contributed by atoms with van der Waals surface area (Å²) in [7, 11) is -6.25. The van der Waals surface area contributed by atoms with Crippen molar-refractivity contribution in [1.29, 1.82) is 0 Å². The number of para-hydroxylation sites is 1. The van der Waals surface area contributed by atoms with Crippen molar-refractivity contribution in [3.63, 3.8) is 0 Å². The normalized spacial score (nSPS) is 17.1. The Hall–Kier alpha value is -1.23. The Kier molecular flexibility index (Phi) is 3.75. The Bertz CT molecular complexity index is 727. The maximum Gasteiger partial charge on any atom is 0.240 e. The lowest BCUT2D eigenvalue weighted by Gasteiger charge is -2.40. The van der Waals surface area contributed by atoms with Gasteiger partial charge < -0.3 is 4.90 Å². The van der Waals surface area contributed by atoms with E-state index < -0.39 is 31.1 Å². The van der Waals surface area contributed by atoms with Gasteiger partial charge in [-0.1, -0.05) is 6.07 Å². The van der Waals surface area contributed by atoms with Gasteiger partial charge >= 0.3 is 0 Å². The molecule has 0 atom stereocenters. The average molecular weight is 323 g/mol. The highest BCUT2D eigenvalue weighted by molar-refractivity contribution is 7.90. The van der Waals surface area contributed by atoms with Crippen LogP contribution in [-0.4, -0.2) is 42.2 Å². The van der Waals surface area contributed by atoms with Gasteiger partial charge in [0.2, 0.25) is 20.0 Å². The summed E-state index contributed by atoms with van der Waals surface area (Å²) in [6.07, 6.45) is 0. The van der Waals surface area contributed by atoms with Crippen LogP contribution in [-0.2, 0) is 20.0 Å². The molecule has 0 radical (unpaired) electrons. The lowest BCUT2D eigenvalue weighted by molar-refractivity contribution is 0.521. The van der Waals surface area contributed by atoms with Crippen LogP contribution < -0.4 is 14.8 Å². The molecule has 112 valence electrons. The van der Waals surface area contributed by atoms with Gasteiger partial charge in [0.25, 0.3) is 0 Å². The molecule has 0 saturated carbocycles. The van der Waals surface area contributed by atoms with Crippen LogP contribution in [0, 0.1) is 5.82 Å². The van der Waals surface area contributed by atoms with E-state index in [9.17, 15) is 21.2 Å². The lowest BCUT2D eigenvalue weighted by atomic mass is 10.1. The van der Waals surface area contributed by atoms with Crippen LogP contribution in [0.3, 0.4) is 0 Å². The van der Waals surface area contributed by atoms with Gasteiger partial charge in [-0.3, -0.25) is 0 Å². The van der Waals surface area contributed by atoms with Crippen LogP contribution in [0.15, 0.2) is 23.1 Å². The molecule has 1 aromatic rings. The van der Waals surface area contributed by atoms with Crippen molar-refractivity contribution in [3.05, 3.63) is 24.0 Å². The summed E-state index contributed by atoms with van der Waals surface area (Å²) in [5, 5.41) is 4.33. The van der Waals surface area contributed by atoms with Gasteiger partial charge in [-0.2, -0.15) is 0 Å². The number of nitrogens with one attached hydrogen (secondary N) is 1. The Morgan fingerprint density at radius 3 is 2.40 bits per heavy atom. The fourth-order valence-electron chi connectivity index (χ4n) is 2.02. The van der Waals surface area contributed by atoms with E-state index in [0.29, 0.717) is 0 Å². The number of benzene rings is 1. The van der Waals surface area contributed by atoms with Crippen molar-refractivity contribution in [2.45, 2.75) is 10.1 Å². The number of sulfonamides is 2. The first-order valence-electron chi connectivity index (χ1n) is 5.65. The number of nitrogens with two attached hydrogens (primary N) is 1. The molecule has 1 aliphatic heterocycles. The molecule has 1 aliphatic rings. The van der Waals surface area contributed by atoms with E-state index in [2.05, 4.69) is 4.72 Å². The summed E-state index contributed by atoms with van der Waals surface area (Å²) in [5.74, 6) is -0.753. The molecule has 0 amide bonds. The smallest absolute Gasteiger partial charge is 0.240 e. The van der Waals surface area contributed by atoms with Crippen molar-refractivity contribution in [2.75, 3.05) is 25.0 Å². The maximum atomic E-state index is 13.8. The van der Waals surface area contributed by atoms with Crippen molar-refractivity contribution in [3.8, 4) is 0 Å². The largest absolute Gasteiger partial charge is 0.365 e. The zero-order valence-electron chi connectivity index (χ0n) is 10.6. The Morgan fingerprint density at radius 2 is 1.90 bits per heavy atom. The number of rotatable bonds is 4. The van der Waals surface area contributed by atoms with Gasteiger partial charge in [0.1, 0.15) is 16.0 Å².